The highest BCUT2D eigenvalue weighted by atomic mass is 32.2. The van der Waals surface area contributed by atoms with Gasteiger partial charge in [0.2, 0.25) is 0 Å². The van der Waals surface area contributed by atoms with Crippen LogP contribution in [0.4, 0.5) is 0 Å². The molecule has 1 aromatic heterocycles. The fraction of sp³-hybridized carbons (Fsp3) is 0.133. The standard InChI is InChI=1S/C15H13N3O2S2/c1-9-11(8-12-13(19)16-15(21)22-12)14(20)18(17(9)2)10-6-4-3-5-7-10/h3-8H,1-2H3,(H,16,19,21). The van der Waals surface area contributed by atoms with Gasteiger partial charge in [-0.3, -0.25) is 14.3 Å². The summed E-state index contributed by atoms with van der Waals surface area (Å²) in [7, 11) is 1.82. The van der Waals surface area contributed by atoms with Gasteiger partial charge in [0, 0.05) is 12.7 Å². The van der Waals surface area contributed by atoms with Gasteiger partial charge < -0.3 is 5.32 Å². The number of amides is 1. The summed E-state index contributed by atoms with van der Waals surface area (Å²) in [6, 6.07) is 9.38. The van der Waals surface area contributed by atoms with Gasteiger partial charge in [-0.1, -0.05) is 42.2 Å². The first-order valence-electron chi connectivity index (χ1n) is 6.58. The first kappa shape index (κ1) is 14.8. The Balaban J connectivity index is 2.16. The van der Waals surface area contributed by atoms with Crippen molar-refractivity contribution >= 4 is 40.3 Å². The van der Waals surface area contributed by atoms with Gasteiger partial charge in [0.1, 0.15) is 4.32 Å². The molecule has 1 N–H and O–H groups in total. The van der Waals surface area contributed by atoms with Crippen molar-refractivity contribution in [2.45, 2.75) is 6.92 Å². The molecule has 1 aliphatic heterocycles. The molecule has 0 saturated carbocycles. The van der Waals surface area contributed by atoms with Gasteiger partial charge in [0.05, 0.1) is 16.2 Å². The maximum Gasteiger partial charge on any atom is 0.278 e. The molecule has 0 atom stereocenters. The van der Waals surface area contributed by atoms with Crippen molar-refractivity contribution < 1.29 is 4.79 Å². The van der Waals surface area contributed by atoms with E-state index in [-0.39, 0.29) is 11.5 Å². The van der Waals surface area contributed by atoms with Crippen molar-refractivity contribution in [1.29, 1.82) is 0 Å². The summed E-state index contributed by atoms with van der Waals surface area (Å²) < 4.78 is 3.77. The molecule has 1 fully saturated rings. The van der Waals surface area contributed by atoms with Crippen molar-refractivity contribution in [1.82, 2.24) is 14.7 Å². The van der Waals surface area contributed by atoms with Crippen LogP contribution in [0.1, 0.15) is 11.3 Å². The lowest BCUT2D eigenvalue weighted by atomic mass is 10.2. The highest BCUT2D eigenvalue weighted by Gasteiger charge is 2.24. The molecule has 7 heteroatoms. The second-order valence-electron chi connectivity index (χ2n) is 4.83. The number of benzene rings is 1. The van der Waals surface area contributed by atoms with Crippen LogP contribution < -0.4 is 10.9 Å². The molecule has 5 nitrogen and oxygen atoms in total. The van der Waals surface area contributed by atoms with Crippen molar-refractivity contribution in [3.05, 3.63) is 56.8 Å². The van der Waals surface area contributed by atoms with Crippen LogP contribution in [0.3, 0.4) is 0 Å². The first-order chi connectivity index (χ1) is 10.5. The molecule has 3 rings (SSSR count). The summed E-state index contributed by atoms with van der Waals surface area (Å²) in [5, 5.41) is 2.55. The lowest BCUT2D eigenvalue weighted by molar-refractivity contribution is -0.115. The number of nitrogens with one attached hydrogen (secondary N) is 1. The third kappa shape index (κ3) is 2.42. The second kappa shape index (κ2) is 5.58. The van der Waals surface area contributed by atoms with E-state index in [1.165, 1.54) is 11.8 Å². The Hall–Kier alpha value is -2.12. The smallest absolute Gasteiger partial charge is 0.278 e. The number of aromatic nitrogens is 2. The van der Waals surface area contributed by atoms with E-state index in [9.17, 15) is 9.59 Å². The minimum Gasteiger partial charge on any atom is -0.307 e. The van der Waals surface area contributed by atoms with Crippen LogP contribution >= 0.6 is 24.0 Å². The molecule has 2 heterocycles. The van der Waals surface area contributed by atoms with Crippen LogP contribution in [0.25, 0.3) is 11.8 Å². The number of thiocarbonyl (C=S) groups is 1. The van der Waals surface area contributed by atoms with Gasteiger partial charge >= 0.3 is 0 Å². The zero-order chi connectivity index (χ0) is 15.9. The monoisotopic (exact) mass is 331 g/mol. The van der Waals surface area contributed by atoms with E-state index < -0.39 is 0 Å². The normalized spacial score (nSPS) is 16.4. The van der Waals surface area contributed by atoms with E-state index in [1.807, 2.05) is 44.3 Å². The highest BCUT2D eigenvalue weighted by molar-refractivity contribution is 8.26. The number of rotatable bonds is 2. The molecule has 0 radical (unpaired) electrons. The zero-order valence-electron chi connectivity index (χ0n) is 12.0. The zero-order valence-corrected chi connectivity index (χ0v) is 13.6. The van der Waals surface area contributed by atoms with Crippen molar-refractivity contribution in [3.8, 4) is 5.69 Å². The fourth-order valence-electron chi connectivity index (χ4n) is 2.31. The van der Waals surface area contributed by atoms with Gasteiger partial charge in [0.15, 0.2) is 0 Å². The molecule has 22 heavy (non-hydrogen) atoms. The van der Waals surface area contributed by atoms with Gasteiger partial charge in [-0.05, 0) is 25.1 Å². The minimum absolute atomic E-state index is 0.162. The van der Waals surface area contributed by atoms with E-state index in [4.69, 9.17) is 12.2 Å². The molecule has 0 aliphatic carbocycles. The van der Waals surface area contributed by atoms with Crippen LogP contribution in [-0.2, 0) is 11.8 Å². The number of carbonyl (C=O) groups excluding carboxylic acids is 1. The Labute approximate surface area is 136 Å². The number of hydrogen-bond acceptors (Lipinski definition) is 4. The topological polar surface area (TPSA) is 56.0 Å². The second-order valence-corrected chi connectivity index (χ2v) is 6.55. The summed E-state index contributed by atoms with van der Waals surface area (Å²) in [4.78, 5) is 24.9. The van der Waals surface area contributed by atoms with Gasteiger partial charge in [0.25, 0.3) is 11.5 Å². The van der Waals surface area contributed by atoms with Crippen molar-refractivity contribution in [2.75, 3.05) is 0 Å². The van der Waals surface area contributed by atoms with E-state index in [2.05, 4.69) is 5.32 Å². The Morgan fingerprint density at radius 2 is 1.91 bits per heavy atom. The molecular weight excluding hydrogens is 318 g/mol. The summed E-state index contributed by atoms with van der Waals surface area (Å²) in [5.74, 6) is -0.260. The number of carbonyl (C=O) groups is 1. The number of hydrogen-bond donors (Lipinski definition) is 1. The highest BCUT2D eigenvalue weighted by Crippen LogP contribution is 2.26. The number of nitrogens with zero attached hydrogens (tertiary/aromatic N) is 2. The van der Waals surface area contributed by atoms with E-state index in [1.54, 1.807) is 15.4 Å². The third-order valence-corrected chi connectivity index (χ3v) is 4.68. The summed E-state index contributed by atoms with van der Waals surface area (Å²) in [6.45, 7) is 1.85. The number of para-hydroxylation sites is 1. The predicted octanol–water partition coefficient (Wildman–Crippen LogP) is 1.97. The van der Waals surface area contributed by atoms with Crippen molar-refractivity contribution in [3.63, 3.8) is 0 Å². The largest absolute Gasteiger partial charge is 0.307 e. The van der Waals surface area contributed by atoms with Crippen LogP contribution in [-0.4, -0.2) is 19.6 Å². The summed E-state index contributed by atoms with van der Waals surface area (Å²) >= 11 is 6.14. The molecular formula is C15H13N3O2S2. The average molecular weight is 331 g/mol. The van der Waals surface area contributed by atoms with Crippen LogP contribution in [0, 0.1) is 6.92 Å². The lowest BCUT2D eigenvalue weighted by Crippen LogP contribution is -2.20. The maximum absolute atomic E-state index is 12.7. The molecule has 1 aromatic carbocycles. The quantitative estimate of drug-likeness (QED) is 0.675. The summed E-state index contributed by atoms with van der Waals surface area (Å²) in [6.07, 6.45) is 1.61. The summed E-state index contributed by atoms with van der Waals surface area (Å²) in [5.41, 5.74) is 1.90. The van der Waals surface area contributed by atoms with Crippen LogP contribution in [0.2, 0.25) is 0 Å². The molecule has 0 unspecified atom stereocenters. The van der Waals surface area contributed by atoms with Gasteiger partial charge in [-0.25, -0.2) is 4.68 Å². The van der Waals surface area contributed by atoms with Crippen LogP contribution in [0.5, 0.6) is 0 Å². The molecule has 112 valence electrons. The minimum atomic E-state index is -0.260. The number of thioether (sulfide) groups is 1. The fourth-order valence-corrected chi connectivity index (χ4v) is 3.33. The Kier molecular flexibility index (Phi) is 3.76. The van der Waals surface area contributed by atoms with Crippen LogP contribution in [0.15, 0.2) is 40.0 Å². The molecule has 2 aromatic rings. The van der Waals surface area contributed by atoms with E-state index in [0.29, 0.717) is 14.8 Å². The molecule has 1 amide bonds. The SMILES string of the molecule is Cc1c(C=C2SC(=S)NC2=O)c(=O)n(-c2ccccc2)n1C. The lowest BCUT2D eigenvalue weighted by Gasteiger charge is -2.07. The van der Waals surface area contributed by atoms with Gasteiger partial charge in [-0.2, -0.15) is 0 Å². The van der Waals surface area contributed by atoms with E-state index >= 15 is 0 Å². The maximum atomic E-state index is 12.7. The van der Waals surface area contributed by atoms with E-state index in [0.717, 1.165) is 11.4 Å². The van der Waals surface area contributed by atoms with Gasteiger partial charge in [-0.15, -0.1) is 0 Å². The molecule has 1 saturated heterocycles. The third-order valence-electron chi connectivity index (χ3n) is 3.52. The average Bonchev–Trinajstić information content (AvgIpc) is 2.92. The molecule has 1 aliphatic rings. The Bertz CT molecular complexity index is 863. The Morgan fingerprint density at radius 1 is 1.23 bits per heavy atom. The first-order valence-corrected chi connectivity index (χ1v) is 7.80. The Morgan fingerprint density at radius 3 is 2.50 bits per heavy atom. The predicted molar refractivity (Wildman–Crippen MR) is 92.1 cm³/mol. The molecule has 0 spiro atoms. The van der Waals surface area contributed by atoms with Crippen molar-refractivity contribution in [2.24, 2.45) is 7.05 Å². The molecule has 0 bridgehead atoms.